The smallest absolute Gasteiger partial charge is 0.350 e. The van der Waals surface area contributed by atoms with Crippen molar-refractivity contribution in [2.24, 2.45) is 0 Å². The van der Waals surface area contributed by atoms with E-state index < -0.39 is 24.5 Å². The number of aromatic nitrogens is 1. The van der Waals surface area contributed by atoms with E-state index in [2.05, 4.69) is 4.98 Å². The fourth-order valence-corrected chi connectivity index (χ4v) is 3.39. The third kappa shape index (κ3) is 6.66. The summed E-state index contributed by atoms with van der Waals surface area (Å²) >= 11 is 1.07. The molecule has 0 spiro atoms. The number of benzene rings is 1. The van der Waals surface area contributed by atoms with E-state index in [1.165, 1.54) is 17.1 Å². The van der Waals surface area contributed by atoms with Crippen LogP contribution in [0.4, 0.5) is 5.13 Å². The average Bonchev–Trinajstić information content (AvgIpc) is 3.13. The summed E-state index contributed by atoms with van der Waals surface area (Å²) in [4.78, 5) is 42.9. The minimum Gasteiger partial charge on any atom is -0.462 e. The summed E-state index contributed by atoms with van der Waals surface area (Å²) in [6.45, 7) is 5.25. The molecule has 0 aliphatic carbocycles. The van der Waals surface area contributed by atoms with Crippen LogP contribution in [0.1, 0.15) is 34.8 Å². The number of hydrogen-bond acceptors (Lipinski definition) is 7. The number of hydrogen-bond donors (Lipinski definition) is 0. The highest BCUT2D eigenvalue weighted by atomic mass is 32.1. The van der Waals surface area contributed by atoms with Gasteiger partial charge in [-0.1, -0.05) is 59.9 Å². The van der Waals surface area contributed by atoms with Gasteiger partial charge in [0.05, 0.1) is 18.8 Å². The molecule has 0 unspecified atom stereocenters. The zero-order valence-corrected chi connectivity index (χ0v) is 18.0. The highest BCUT2D eigenvalue weighted by Crippen LogP contribution is 2.28. The van der Waals surface area contributed by atoms with Crippen LogP contribution in [0.15, 0.2) is 54.6 Å². The third-order valence-electron chi connectivity index (χ3n) is 3.84. The van der Waals surface area contributed by atoms with Gasteiger partial charge in [0.1, 0.15) is 4.88 Å². The minimum atomic E-state index is -0.622. The molecule has 0 atom stereocenters. The van der Waals surface area contributed by atoms with Gasteiger partial charge in [0.2, 0.25) is 0 Å². The Labute approximate surface area is 179 Å². The number of amides is 1. The lowest BCUT2D eigenvalue weighted by molar-refractivity contribution is -0.143. The van der Waals surface area contributed by atoms with E-state index in [0.29, 0.717) is 15.7 Å². The second-order valence-electron chi connectivity index (χ2n) is 6.09. The van der Waals surface area contributed by atoms with Crippen molar-refractivity contribution in [2.45, 2.75) is 27.3 Å². The summed E-state index contributed by atoms with van der Waals surface area (Å²) in [5.74, 6) is -1.55. The van der Waals surface area contributed by atoms with Crippen LogP contribution >= 0.6 is 11.3 Å². The highest BCUT2D eigenvalue weighted by molar-refractivity contribution is 7.17. The minimum absolute atomic E-state index is 0.223. The first-order valence-corrected chi connectivity index (χ1v) is 10.2. The molecular formula is C22H24N2O5S. The van der Waals surface area contributed by atoms with Gasteiger partial charge in [0, 0.05) is 6.08 Å². The molecule has 2 rings (SSSR count). The number of rotatable bonds is 9. The fourth-order valence-electron chi connectivity index (χ4n) is 2.42. The fraction of sp³-hybridized carbons (Fsp3) is 0.273. The molecule has 0 bridgehead atoms. The number of nitrogens with zero attached hydrogens (tertiary/aromatic N) is 2. The van der Waals surface area contributed by atoms with Crippen molar-refractivity contribution in [1.29, 1.82) is 0 Å². The third-order valence-corrected chi connectivity index (χ3v) is 5.00. The lowest BCUT2D eigenvalue weighted by Gasteiger charge is -2.19. The molecule has 1 heterocycles. The predicted octanol–water partition coefficient (Wildman–Crippen LogP) is 3.84. The predicted molar refractivity (Wildman–Crippen MR) is 115 cm³/mol. The molecule has 0 fully saturated rings. The number of allylic oxidation sites excluding steroid dienone is 3. The Hall–Kier alpha value is -3.26. The van der Waals surface area contributed by atoms with Crippen LogP contribution < -0.4 is 4.90 Å². The summed E-state index contributed by atoms with van der Waals surface area (Å²) < 4.78 is 10.1. The van der Waals surface area contributed by atoms with Crippen molar-refractivity contribution in [2.75, 3.05) is 18.1 Å². The number of carbonyl (C=O) groups excluding carboxylic acids is 3. The second kappa shape index (κ2) is 11.7. The van der Waals surface area contributed by atoms with Gasteiger partial charge in [-0.15, -0.1) is 0 Å². The molecule has 8 heteroatoms. The Morgan fingerprint density at radius 1 is 1.13 bits per heavy atom. The van der Waals surface area contributed by atoms with Crippen LogP contribution in [0.3, 0.4) is 0 Å². The van der Waals surface area contributed by atoms with Crippen LogP contribution in [0.25, 0.3) is 0 Å². The SMILES string of the molecule is C/C=C/C=C/C(=O)OCC(=O)N(Cc1ccccc1)c1nc(C)c(C(=O)OCC)s1. The molecule has 0 N–H and O–H groups in total. The average molecular weight is 429 g/mol. The highest BCUT2D eigenvalue weighted by Gasteiger charge is 2.24. The van der Waals surface area contributed by atoms with Gasteiger partial charge < -0.3 is 9.47 Å². The normalized spacial score (nSPS) is 11.0. The molecule has 1 aromatic carbocycles. The van der Waals surface area contributed by atoms with Gasteiger partial charge in [-0.2, -0.15) is 0 Å². The molecule has 158 valence electrons. The van der Waals surface area contributed by atoms with Gasteiger partial charge in [0.15, 0.2) is 11.7 Å². The molecule has 1 amide bonds. The first-order valence-electron chi connectivity index (χ1n) is 9.41. The quantitative estimate of drug-likeness (QED) is 0.343. The standard InChI is InChI=1S/C22H24N2O5S/c1-4-6-8-13-19(26)29-15-18(25)24(14-17-11-9-7-10-12-17)22-23-16(3)20(30-22)21(27)28-5-2/h4,6-13H,5,14-15H2,1-3H3/b6-4+,13-8+. The van der Waals surface area contributed by atoms with Crippen molar-refractivity contribution in [3.63, 3.8) is 0 Å². The van der Waals surface area contributed by atoms with Gasteiger partial charge in [0.25, 0.3) is 5.91 Å². The van der Waals surface area contributed by atoms with E-state index in [1.807, 2.05) is 37.3 Å². The molecular weight excluding hydrogens is 404 g/mol. The first-order chi connectivity index (χ1) is 14.5. The number of esters is 2. The van der Waals surface area contributed by atoms with Crippen molar-refractivity contribution in [3.8, 4) is 0 Å². The van der Waals surface area contributed by atoms with E-state index >= 15 is 0 Å². The largest absolute Gasteiger partial charge is 0.462 e. The van der Waals surface area contributed by atoms with Gasteiger partial charge in [-0.05, 0) is 26.3 Å². The molecule has 0 saturated carbocycles. The van der Waals surface area contributed by atoms with Crippen LogP contribution in [0.5, 0.6) is 0 Å². The maximum absolute atomic E-state index is 12.9. The van der Waals surface area contributed by atoms with Crippen molar-refractivity contribution < 1.29 is 23.9 Å². The van der Waals surface area contributed by atoms with Gasteiger partial charge in [-0.3, -0.25) is 9.69 Å². The monoisotopic (exact) mass is 428 g/mol. The number of aryl methyl sites for hydroxylation is 1. The number of ether oxygens (including phenoxy) is 2. The summed E-state index contributed by atoms with van der Waals surface area (Å²) in [5.41, 5.74) is 1.35. The Balaban J connectivity index is 2.22. The number of carbonyl (C=O) groups is 3. The van der Waals surface area contributed by atoms with E-state index in [1.54, 1.807) is 26.0 Å². The Morgan fingerprint density at radius 2 is 1.87 bits per heavy atom. The maximum atomic E-state index is 12.9. The maximum Gasteiger partial charge on any atom is 0.350 e. The molecule has 7 nitrogen and oxygen atoms in total. The molecule has 0 saturated heterocycles. The van der Waals surface area contributed by atoms with E-state index in [9.17, 15) is 14.4 Å². The van der Waals surface area contributed by atoms with Crippen molar-refractivity contribution in [1.82, 2.24) is 4.98 Å². The van der Waals surface area contributed by atoms with Crippen molar-refractivity contribution >= 4 is 34.3 Å². The van der Waals surface area contributed by atoms with Crippen LogP contribution in [0, 0.1) is 6.92 Å². The van der Waals surface area contributed by atoms with Crippen LogP contribution in [-0.4, -0.2) is 36.0 Å². The van der Waals surface area contributed by atoms with Gasteiger partial charge in [-0.25, -0.2) is 14.6 Å². The number of anilines is 1. The van der Waals surface area contributed by atoms with E-state index in [-0.39, 0.29) is 13.2 Å². The molecule has 2 aromatic rings. The topological polar surface area (TPSA) is 85.8 Å². The summed E-state index contributed by atoms with van der Waals surface area (Å²) in [7, 11) is 0. The van der Waals surface area contributed by atoms with Crippen LogP contribution in [0.2, 0.25) is 0 Å². The molecule has 1 aromatic heterocycles. The molecule has 0 radical (unpaired) electrons. The summed E-state index contributed by atoms with van der Waals surface area (Å²) in [5, 5.41) is 0.338. The Bertz CT molecular complexity index is 934. The summed E-state index contributed by atoms with van der Waals surface area (Å²) in [6.07, 6.45) is 6.22. The lowest BCUT2D eigenvalue weighted by Crippen LogP contribution is -2.34. The zero-order valence-electron chi connectivity index (χ0n) is 17.2. The zero-order chi connectivity index (χ0) is 21.9. The van der Waals surface area contributed by atoms with E-state index in [4.69, 9.17) is 9.47 Å². The Morgan fingerprint density at radius 3 is 2.53 bits per heavy atom. The first kappa shape index (κ1) is 23.0. The van der Waals surface area contributed by atoms with Crippen LogP contribution in [-0.2, 0) is 25.6 Å². The van der Waals surface area contributed by atoms with E-state index in [0.717, 1.165) is 16.9 Å². The number of thiazole rings is 1. The Kier molecular flexibility index (Phi) is 8.96. The second-order valence-corrected chi connectivity index (χ2v) is 7.07. The lowest BCUT2D eigenvalue weighted by atomic mass is 10.2. The molecule has 0 aliphatic rings. The molecule has 0 aliphatic heterocycles. The summed E-state index contributed by atoms with van der Waals surface area (Å²) in [6, 6.07) is 9.35. The molecule has 30 heavy (non-hydrogen) atoms. The van der Waals surface area contributed by atoms with Gasteiger partial charge >= 0.3 is 11.9 Å². The van der Waals surface area contributed by atoms with Crippen molar-refractivity contribution in [3.05, 3.63) is 70.8 Å².